The van der Waals surface area contributed by atoms with E-state index in [1.807, 2.05) is 19.3 Å². The van der Waals surface area contributed by atoms with Gasteiger partial charge in [-0.25, -0.2) is 9.97 Å². The molecule has 92 valence electrons. The van der Waals surface area contributed by atoms with Crippen LogP contribution >= 0.6 is 11.3 Å². The van der Waals surface area contributed by atoms with Crippen molar-refractivity contribution in [1.29, 1.82) is 0 Å². The van der Waals surface area contributed by atoms with Gasteiger partial charge in [0.25, 0.3) is 0 Å². The first-order chi connectivity index (χ1) is 8.29. The molecule has 0 aromatic carbocycles. The molecule has 0 saturated heterocycles. The molecule has 0 aliphatic carbocycles. The molecule has 2 aromatic heterocycles. The molecule has 0 amide bonds. The van der Waals surface area contributed by atoms with E-state index in [0.717, 1.165) is 29.7 Å². The molecule has 0 fully saturated rings. The molecular weight excluding hydrogens is 232 g/mol. The first-order valence-electron chi connectivity index (χ1n) is 5.95. The SMILES string of the molecule is CCCCn1ccnc1NCc1csc(C)n1. The van der Waals surface area contributed by atoms with E-state index in [2.05, 4.69) is 32.2 Å². The lowest BCUT2D eigenvalue weighted by atomic mass is 10.3. The van der Waals surface area contributed by atoms with Crippen LogP contribution in [-0.2, 0) is 13.1 Å². The van der Waals surface area contributed by atoms with Crippen LogP contribution in [-0.4, -0.2) is 14.5 Å². The van der Waals surface area contributed by atoms with Gasteiger partial charge in [-0.05, 0) is 13.3 Å². The van der Waals surface area contributed by atoms with Gasteiger partial charge in [0, 0.05) is 24.3 Å². The maximum absolute atomic E-state index is 4.42. The number of imidazole rings is 1. The minimum absolute atomic E-state index is 0.744. The van der Waals surface area contributed by atoms with Crippen molar-refractivity contribution in [3.05, 3.63) is 28.5 Å². The van der Waals surface area contributed by atoms with Crippen LogP contribution < -0.4 is 5.32 Å². The van der Waals surface area contributed by atoms with Gasteiger partial charge in [-0.3, -0.25) is 0 Å². The normalized spacial score (nSPS) is 10.7. The number of hydrogen-bond donors (Lipinski definition) is 1. The highest BCUT2D eigenvalue weighted by Crippen LogP contribution is 2.11. The van der Waals surface area contributed by atoms with Crippen LogP contribution in [0, 0.1) is 6.92 Å². The molecule has 2 rings (SSSR count). The summed E-state index contributed by atoms with van der Waals surface area (Å²) in [4.78, 5) is 8.74. The quantitative estimate of drug-likeness (QED) is 0.856. The fourth-order valence-corrected chi connectivity index (χ4v) is 2.26. The molecule has 0 saturated carbocycles. The number of unbranched alkanes of at least 4 members (excludes halogenated alkanes) is 1. The lowest BCUT2D eigenvalue weighted by Gasteiger charge is -2.07. The van der Waals surface area contributed by atoms with Gasteiger partial charge in [-0.2, -0.15) is 0 Å². The summed E-state index contributed by atoms with van der Waals surface area (Å²) in [5.41, 5.74) is 1.08. The monoisotopic (exact) mass is 250 g/mol. The van der Waals surface area contributed by atoms with Crippen molar-refractivity contribution in [2.45, 2.75) is 39.8 Å². The molecule has 4 nitrogen and oxygen atoms in total. The maximum Gasteiger partial charge on any atom is 0.203 e. The number of nitrogens with one attached hydrogen (secondary N) is 1. The van der Waals surface area contributed by atoms with E-state index in [-0.39, 0.29) is 0 Å². The molecule has 5 heteroatoms. The predicted molar refractivity (Wildman–Crippen MR) is 71.3 cm³/mol. The molecule has 0 aliphatic heterocycles. The maximum atomic E-state index is 4.42. The fourth-order valence-electron chi connectivity index (χ4n) is 1.64. The molecule has 0 radical (unpaired) electrons. The highest BCUT2D eigenvalue weighted by Gasteiger charge is 2.03. The van der Waals surface area contributed by atoms with Gasteiger partial charge < -0.3 is 9.88 Å². The average molecular weight is 250 g/mol. The average Bonchev–Trinajstić information content (AvgIpc) is 2.92. The number of nitrogens with zero attached hydrogens (tertiary/aromatic N) is 3. The third kappa shape index (κ3) is 3.30. The van der Waals surface area contributed by atoms with Crippen LogP contribution in [0.5, 0.6) is 0 Å². The molecule has 1 N–H and O–H groups in total. The van der Waals surface area contributed by atoms with Crippen LogP contribution in [0.15, 0.2) is 17.8 Å². The number of aromatic nitrogens is 3. The van der Waals surface area contributed by atoms with Crippen molar-refractivity contribution >= 4 is 17.3 Å². The smallest absolute Gasteiger partial charge is 0.203 e. The summed E-state index contributed by atoms with van der Waals surface area (Å²) in [7, 11) is 0. The summed E-state index contributed by atoms with van der Waals surface area (Å²) >= 11 is 1.68. The zero-order chi connectivity index (χ0) is 12.1. The zero-order valence-electron chi connectivity index (χ0n) is 10.3. The van der Waals surface area contributed by atoms with Gasteiger partial charge in [-0.1, -0.05) is 13.3 Å². The first-order valence-corrected chi connectivity index (χ1v) is 6.83. The Morgan fingerprint density at radius 2 is 2.35 bits per heavy atom. The second kappa shape index (κ2) is 5.82. The summed E-state index contributed by atoms with van der Waals surface area (Å²) in [6, 6.07) is 0. The van der Waals surface area contributed by atoms with E-state index in [1.165, 1.54) is 12.8 Å². The third-order valence-electron chi connectivity index (χ3n) is 2.56. The second-order valence-corrected chi connectivity index (χ2v) is 5.07. The summed E-state index contributed by atoms with van der Waals surface area (Å²) < 4.78 is 2.16. The van der Waals surface area contributed by atoms with Crippen LogP contribution in [0.3, 0.4) is 0 Å². The van der Waals surface area contributed by atoms with Gasteiger partial charge in [0.05, 0.1) is 17.2 Å². The summed E-state index contributed by atoms with van der Waals surface area (Å²) in [6.07, 6.45) is 6.23. The predicted octanol–water partition coefficient (Wildman–Crippen LogP) is 3.06. The van der Waals surface area contributed by atoms with Crippen molar-refractivity contribution in [2.75, 3.05) is 5.32 Å². The van der Waals surface area contributed by atoms with Crippen LogP contribution in [0.4, 0.5) is 5.95 Å². The zero-order valence-corrected chi connectivity index (χ0v) is 11.1. The van der Waals surface area contributed by atoms with Gasteiger partial charge in [0.15, 0.2) is 0 Å². The van der Waals surface area contributed by atoms with Gasteiger partial charge in [0.1, 0.15) is 0 Å². The highest BCUT2D eigenvalue weighted by molar-refractivity contribution is 7.09. The summed E-state index contributed by atoms with van der Waals surface area (Å²) in [5, 5.41) is 6.52. The Balaban J connectivity index is 1.92. The van der Waals surface area contributed by atoms with Crippen molar-refractivity contribution in [3.8, 4) is 0 Å². The molecule has 2 heterocycles. The molecule has 0 spiro atoms. The van der Waals surface area contributed by atoms with E-state index in [0.29, 0.717) is 0 Å². The first kappa shape index (κ1) is 12.1. The van der Waals surface area contributed by atoms with Gasteiger partial charge >= 0.3 is 0 Å². The van der Waals surface area contributed by atoms with Crippen molar-refractivity contribution in [2.24, 2.45) is 0 Å². The highest BCUT2D eigenvalue weighted by atomic mass is 32.1. The Labute approximate surface area is 106 Å². The standard InChI is InChI=1S/C12H18N4S/c1-3-4-6-16-7-5-13-12(16)14-8-11-9-17-10(2)15-11/h5,7,9H,3-4,6,8H2,1-2H3,(H,13,14). The largest absolute Gasteiger partial charge is 0.350 e. The number of aryl methyl sites for hydroxylation is 2. The van der Waals surface area contributed by atoms with Crippen LogP contribution in [0.2, 0.25) is 0 Å². The second-order valence-electron chi connectivity index (χ2n) is 4.01. The number of rotatable bonds is 6. The summed E-state index contributed by atoms with van der Waals surface area (Å²) in [6.45, 7) is 5.99. The third-order valence-corrected chi connectivity index (χ3v) is 3.38. The minimum Gasteiger partial charge on any atom is -0.350 e. The molecule has 0 unspecified atom stereocenters. The molecular formula is C12H18N4S. The Kier molecular flexibility index (Phi) is 4.14. The number of hydrogen-bond acceptors (Lipinski definition) is 4. The molecule has 0 bridgehead atoms. The van der Waals surface area contributed by atoms with Crippen LogP contribution in [0.1, 0.15) is 30.5 Å². The fraction of sp³-hybridized carbons (Fsp3) is 0.500. The van der Waals surface area contributed by atoms with E-state index in [4.69, 9.17) is 0 Å². The molecule has 2 aromatic rings. The van der Waals surface area contributed by atoms with Crippen molar-refractivity contribution < 1.29 is 0 Å². The lowest BCUT2D eigenvalue weighted by molar-refractivity contribution is 0.635. The summed E-state index contributed by atoms with van der Waals surface area (Å²) in [5.74, 6) is 0.934. The van der Waals surface area contributed by atoms with Crippen molar-refractivity contribution in [1.82, 2.24) is 14.5 Å². The minimum atomic E-state index is 0.744. The van der Waals surface area contributed by atoms with E-state index in [1.54, 1.807) is 11.3 Å². The number of anilines is 1. The van der Waals surface area contributed by atoms with E-state index < -0.39 is 0 Å². The number of thiazole rings is 1. The topological polar surface area (TPSA) is 42.7 Å². The lowest BCUT2D eigenvalue weighted by Crippen LogP contribution is -2.07. The molecule has 17 heavy (non-hydrogen) atoms. The van der Waals surface area contributed by atoms with Crippen molar-refractivity contribution in [3.63, 3.8) is 0 Å². The Morgan fingerprint density at radius 3 is 3.06 bits per heavy atom. The van der Waals surface area contributed by atoms with Crippen LogP contribution in [0.25, 0.3) is 0 Å². The Hall–Kier alpha value is -1.36. The molecule has 0 atom stereocenters. The van der Waals surface area contributed by atoms with E-state index in [9.17, 15) is 0 Å². The van der Waals surface area contributed by atoms with Gasteiger partial charge in [0.2, 0.25) is 5.95 Å². The Morgan fingerprint density at radius 1 is 1.47 bits per heavy atom. The van der Waals surface area contributed by atoms with E-state index >= 15 is 0 Å². The molecule has 0 aliphatic rings. The van der Waals surface area contributed by atoms with Gasteiger partial charge in [-0.15, -0.1) is 11.3 Å². The Bertz CT molecular complexity index is 461.